The standard InChI is InChI=1S/C12H13NO2/c1-3-15-12(14)13-7-6-10-5-4-9(2)8-11(10)13/h4-8H,3H2,1-2H3. The van der Waals surface area contributed by atoms with Gasteiger partial charge in [0.15, 0.2) is 0 Å². The van der Waals surface area contributed by atoms with Gasteiger partial charge in [-0.15, -0.1) is 0 Å². The largest absolute Gasteiger partial charge is 0.449 e. The molecule has 1 aromatic heterocycles. The number of carbonyl (C=O) groups is 1. The maximum absolute atomic E-state index is 11.6. The maximum Gasteiger partial charge on any atom is 0.418 e. The fourth-order valence-electron chi connectivity index (χ4n) is 1.59. The van der Waals surface area contributed by atoms with Crippen molar-refractivity contribution >= 4 is 17.0 Å². The van der Waals surface area contributed by atoms with Gasteiger partial charge in [0.2, 0.25) is 0 Å². The highest BCUT2D eigenvalue weighted by Crippen LogP contribution is 2.17. The Hall–Kier alpha value is -1.77. The highest BCUT2D eigenvalue weighted by molar-refractivity contribution is 5.89. The van der Waals surface area contributed by atoms with E-state index in [2.05, 4.69) is 0 Å². The van der Waals surface area contributed by atoms with Crippen LogP contribution in [0.2, 0.25) is 0 Å². The van der Waals surface area contributed by atoms with Crippen molar-refractivity contribution in [3.8, 4) is 0 Å². The highest BCUT2D eigenvalue weighted by atomic mass is 16.5. The molecule has 1 aromatic carbocycles. The van der Waals surface area contributed by atoms with Crippen LogP contribution in [0.3, 0.4) is 0 Å². The minimum absolute atomic E-state index is 0.321. The van der Waals surface area contributed by atoms with Gasteiger partial charge in [0.05, 0.1) is 12.1 Å². The smallest absolute Gasteiger partial charge is 0.418 e. The van der Waals surface area contributed by atoms with Crippen molar-refractivity contribution in [1.29, 1.82) is 0 Å². The molecule has 3 nitrogen and oxygen atoms in total. The lowest BCUT2D eigenvalue weighted by atomic mass is 10.2. The van der Waals surface area contributed by atoms with Crippen LogP contribution in [-0.4, -0.2) is 17.3 Å². The maximum atomic E-state index is 11.6. The third-order valence-electron chi connectivity index (χ3n) is 2.31. The summed E-state index contributed by atoms with van der Waals surface area (Å²) in [4.78, 5) is 11.6. The molecule has 0 N–H and O–H groups in total. The predicted octanol–water partition coefficient (Wildman–Crippen LogP) is 2.95. The molecule has 1 heterocycles. The molecule has 0 bridgehead atoms. The second kappa shape index (κ2) is 3.77. The molecule has 0 unspecified atom stereocenters. The zero-order valence-corrected chi connectivity index (χ0v) is 8.86. The minimum atomic E-state index is -0.321. The number of ether oxygens (including phenoxy) is 1. The molecule has 2 aromatic rings. The summed E-state index contributed by atoms with van der Waals surface area (Å²) in [6.07, 6.45) is 1.42. The number of nitrogens with zero attached hydrogens (tertiary/aromatic N) is 1. The van der Waals surface area contributed by atoms with Gasteiger partial charge >= 0.3 is 6.09 Å². The number of carbonyl (C=O) groups excluding carboxylic acids is 1. The Bertz CT molecular complexity index is 499. The lowest BCUT2D eigenvalue weighted by Crippen LogP contribution is -2.11. The summed E-state index contributed by atoms with van der Waals surface area (Å²) in [6, 6.07) is 7.91. The van der Waals surface area contributed by atoms with Crippen LogP contribution in [0.5, 0.6) is 0 Å². The molecule has 0 amide bonds. The molecule has 0 aliphatic rings. The fraction of sp³-hybridized carbons (Fsp3) is 0.250. The Morgan fingerprint density at radius 3 is 2.93 bits per heavy atom. The summed E-state index contributed by atoms with van der Waals surface area (Å²) in [5, 5.41) is 1.05. The molecule has 0 radical (unpaired) electrons. The lowest BCUT2D eigenvalue weighted by Gasteiger charge is -2.04. The zero-order chi connectivity index (χ0) is 10.8. The first-order valence-corrected chi connectivity index (χ1v) is 4.97. The van der Waals surface area contributed by atoms with Crippen LogP contribution >= 0.6 is 0 Å². The summed E-state index contributed by atoms with van der Waals surface area (Å²) in [5.74, 6) is 0. The first-order valence-electron chi connectivity index (χ1n) is 4.97. The second-order valence-electron chi connectivity index (χ2n) is 3.45. The topological polar surface area (TPSA) is 31.2 Å². The van der Waals surface area contributed by atoms with Crippen molar-refractivity contribution in [3.63, 3.8) is 0 Å². The molecule has 2 rings (SSSR count). The molecule has 0 aliphatic carbocycles. The van der Waals surface area contributed by atoms with Gasteiger partial charge in [-0.2, -0.15) is 0 Å². The Kier molecular flexibility index (Phi) is 2.46. The summed E-state index contributed by atoms with van der Waals surface area (Å²) in [6.45, 7) is 4.20. The molecule has 3 heteroatoms. The van der Waals surface area contributed by atoms with Crippen LogP contribution in [0, 0.1) is 6.92 Å². The van der Waals surface area contributed by atoms with E-state index in [0.29, 0.717) is 6.61 Å². The van der Waals surface area contributed by atoms with Crippen LogP contribution in [0.4, 0.5) is 4.79 Å². The van der Waals surface area contributed by atoms with E-state index in [4.69, 9.17) is 4.74 Å². The van der Waals surface area contributed by atoms with Gasteiger partial charge in [0, 0.05) is 11.6 Å². The van der Waals surface area contributed by atoms with E-state index < -0.39 is 0 Å². The van der Waals surface area contributed by atoms with Crippen LogP contribution in [-0.2, 0) is 4.74 Å². The summed E-state index contributed by atoms with van der Waals surface area (Å²) in [5.41, 5.74) is 2.03. The Morgan fingerprint density at radius 1 is 1.40 bits per heavy atom. The lowest BCUT2D eigenvalue weighted by molar-refractivity contribution is 0.155. The minimum Gasteiger partial charge on any atom is -0.449 e. The van der Waals surface area contributed by atoms with Gasteiger partial charge in [-0.1, -0.05) is 12.1 Å². The molecule has 0 fully saturated rings. The predicted molar refractivity (Wildman–Crippen MR) is 59.1 cm³/mol. The van der Waals surface area contributed by atoms with E-state index in [1.165, 1.54) is 4.57 Å². The molecule has 0 saturated carbocycles. The first-order chi connectivity index (χ1) is 7.22. The van der Waals surface area contributed by atoms with Gasteiger partial charge in [0.1, 0.15) is 0 Å². The highest BCUT2D eigenvalue weighted by Gasteiger charge is 2.08. The number of hydrogen-bond acceptors (Lipinski definition) is 2. The third kappa shape index (κ3) is 1.73. The van der Waals surface area contributed by atoms with E-state index in [1.54, 1.807) is 13.1 Å². The summed E-state index contributed by atoms with van der Waals surface area (Å²) < 4.78 is 6.49. The quantitative estimate of drug-likeness (QED) is 0.713. The monoisotopic (exact) mass is 203 g/mol. The molecular formula is C12H13NO2. The molecule has 15 heavy (non-hydrogen) atoms. The van der Waals surface area contributed by atoms with Crippen LogP contribution < -0.4 is 0 Å². The normalized spacial score (nSPS) is 10.5. The molecule has 0 saturated heterocycles. The Balaban J connectivity index is 2.52. The van der Waals surface area contributed by atoms with Crippen LogP contribution in [0.15, 0.2) is 30.5 Å². The average Bonchev–Trinajstić information content (AvgIpc) is 2.60. The average molecular weight is 203 g/mol. The number of aromatic nitrogens is 1. The molecular weight excluding hydrogens is 190 g/mol. The van der Waals surface area contributed by atoms with Gasteiger partial charge in [-0.05, 0) is 31.5 Å². The van der Waals surface area contributed by atoms with E-state index in [-0.39, 0.29) is 6.09 Å². The van der Waals surface area contributed by atoms with Gasteiger partial charge in [0.25, 0.3) is 0 Å². The Labute approximate surface area is 88.3 Å². The van der Waals surface area contributed by atoms with E-state index in [1.807, 2.05) is 31.2 Å². The summed E-state index contributed by atoms with van der Waals surface area (Å²) >= 11 is 0. The molecule has 0 spiro atoms. The van der Waals surface area contributed by atoms with Crippen LogP contribution in [0.1, 0.15) is 12.5 Å². The van der Waals surface area contributed by atoms with Gasteiger partial charge in [-0.3, -0.25) is 4.57 Å². The number of fused-ring (bicyclic) bond motifs is 1. The van der Waals surface area contributed by atoms with Gasteiger partial charge < -0.3 is 4.74 Å². The number of rotatable bonds is 1. The fourth-order valence-corrected chi connectivity index (χ4v) is 1.59. The second-order valence-corrected chi connectivity index (χ2v) is 3.45. The van der Waals surface area contributed by atoms with Crippen molar-refractivity contribution < 1.29 is 9.53 Å². The van der Waals surface area contributed by atoms with E-state index in [9.17, 15) is 4.79 Å². The number of hydrogen-bond donors (Lipinski definition) is 0. The number of benzene rings is 1. The van der Waals surface area contributed by atoms with Crippen molar-refractivity contribution in [2.45, 2.75) is 13.8 Å². The zero-order valence-electron chi connectivity index (χ0n) is 8.86. The van der Waals surface area contributed by atoms with Crippen LogP contribution in [0.25, 0.3) is 10.9 Å². The van der Waals surface area contributed by atoms with E-state index in [0.717, 1.165) is 16.5 Å². The van der Waals surface area contributed by atoms with Crippen molar-refractivity contribution in [3.05, 3.63) is 36.0 Å². The first kappa shape index (κ1) is 9.77. The molecule has 0 aliphatic heterocycles. The van der Waals surface area contributed by atoms with Crippen molar-refractivity contribution in [2.24, 2.45) is 0 Å². The third-order valence-corrected chi connectivity index (χ3v) is 2.31. The van der Waals surface area contributed by atoms with Crippen molar-refractivity contribution in [2.75, 3.05) is 6.61 Å². The SMILES string of the molecule is CCOC(=O)n1ccc2ccc(C)cc21. The van der Waals surface area contributed by atoms with E-state index >= 15 is 0 Å². The van der Waals surface area contributed by atoms with Gasteiger partial charge in [-0.25, -0.2) is 4.79 Å². The molecule has 0 atom stereocenters. The number of aryl methyl sites for hydroxylation is 1. The molecule has 78 valence electrons. The Morgan fingerprint density at radius 2 is 2.20 bits per heavy atom. The van der Waals surface area contributed by atoms with Crippen molar-refractivity contribution in [1.82, 2.24) is 4.57 Å². The summed E-state index contributed by atoms with van der Waals surface area (Å²) in [7, 11) is 0.